The van der Waals surface area contributed by atoms with Crippen LogP contribution in [0.2, 0.25) is 0 Å². The van der Waals surface area contributed by atoms with E-state index < -0.39 is 0 Å². The Morgan fingerprint density at radius 2 is 2.00 bits per heavy atom. The number of carbonyl (C=O) groups is 2. The van der Waals surface area contributed by atoms with Crippen molar-refractivity contribution in [1.29, 1.82) is 0 Å². The fourth-order valence-corrected chi connectivity index (χ4v) is 1.78. The van der Waals surface area contributed by atoms with Crippen LogP contribution in [0.4, 0.5) is 9.18 Å². The quantitative estimate of drug-likeness (QED) is 0.620. The molecular weight excluding hydrogens is 275 g/mol. The average Bonchev–Trinajstić information content (AvgIpc) is 2.48. The molecule has 0 atom stereocenters. The van der Waals surface area contributed by atoms with Gasteiger partial charge in [-0.3, -0.25) is 4.79 Å². The lowest BCUT2D eigenvalue weighted by Gasteiger charge is -2.18. The van der Waals surface area contributed by atoms with Crippen LogP contribution in [0.15, 0.2) is 24.3 Å². The zero-order valence-corrected chi connectivity index (χ0v) is 12.4. The standard InChI is InChI=1S/C15H21FN2O3/c1-18(11-12-7-3-4-8-13(12)16)15(20)17-10-6-5-9-14(19)21-2/h3-4,7-8H,5-6,9-11H2,1-2H3,(H,17,20). The molecule has 0 radical (unpaired) electrons. The predicted octanol–water partition coefficient (Wildman–Crippen LogP) is 2.31. The summed E-state index contributed by atoms with van der Waals surface area (Å²) >= 11 is 0. The Hall–Kier alpha value is -2.11. The van der Waals surface area contributed by atoms with Crippen LogP contribution in [0.25, 0.3) is 0 Å². The number of halogens is 1. The molecule has 0 aliphatic heterocycles. The number of esters is 1. The highest BCUT2D eigenvalue weighted by Gasteiger charge is 2.10. The number of unbranched alkanes of at least 4 members (excludes halogenated alkanes) is 1. The second-order valence-electron chi connectivity index (χ2n) is 4.71. The van der Waals surface area contributed by atoms with Gasteiger partial charge in [-0.1, -0.05) is 18.2 Å². The first-order valence-corrected chi connectivity index (χ1v) is 6.83. The number of methoxy groups -OCH3 is 1. The molecule has 1 aromatic carbocycles. The minimum absolute atomic E-state index is 0.209. The monoisotopic (exact) mass is 296 g/mol. The van der Waals surface area contributed by atoms with Crippen LogP contribution in [0.5, 0.6) is 0 Å². The summed E-state index contributed by atoms with van der Waals surface area (Å²) in [6, 6.07) is 6.09. The van der Waals surface area contributed by atoms with E-state index in [0.717, 1.165) is 0 Å². The summed E-state index contributed by atoms with van der Waals surface area (Å²) in [5, 5.41) is 2.73. The molecule has 0 spiro atoms. The number of rotatable bonds is 7. The first kappa shape index (κ1) is 16.9. The molecule has 6 heteroatoms. The van der Waals surface area contributed by atoms with Crippen LogP contribution in [0, 0.1) is 5.82 Å². The molecule has 0 bridgehead atoms. The fraction of sp³-hybridized carbons (Fsp3) is 0.467. The zero-order valence-electron chi connectivity index (χ0n) is 12.4. The van der Waals surface area contributed by atoms with Crippen molar-refractivity contribution < 1.29 is 18.7 Å². The molecule has 1 N–H and O–H groups in total. The first-order chi connectivity index (χ1) is 10.0. The van der Waals surface area contributed by atoms with Gasteiger partial charge in [-0.05, 0) is 18.9 Å². The van der Waals surface area contributed by atoms with Crippen molar-refractivity contribution in [3.05, 3.63) is 35.6 Å². The third-order valence-corrected chi connectivity index (χ3v) is 3.02. The second-order valence-corrected chi connectivity index (χ2v) is 4.71. The van der Waals surface area contributed by atoms with Gasteiger partial charge in [0.05, 0.1) is 7.11 Å². The highest BCUT2D eigenvalue weighted by Crippen LogP contribution is 2.08. The summed E-state index contributed by atoms with van der Waals surface area (Å²) in [6.07, 6.45) is 1.69. The van der Waals surface area contributed by atoms with Gasteiger partial charge in [0.25, 0.3) is 0 Å². The minimum atomic E-state index is -0.324. The fourth-order valence-electron chi connectivity index (χ4n) is 1.78. The number of amides is 2. The molecule has 0 aliphatic carbocycles. The SMILES string of the molecule is COC(=O)CCCCNC(=O)N(C)Cc1ccccc1F. The smallest absolute Gasteiger partial charge is 0.317 e. The van der Waals surface area contributed by atoms with Crippen LogP contribution in [0.1, 0.15) is 24.8 Å². The van der Waals surface area contributed by atoms with E-state index in [2.05, 4.69) is 10.1 Å². The van der Waals surface area contributed by atoms with Crippen LogP contribution < -0.4 is 5.32 Å². The summed E-state index contributed by atoms with van der Waals surface area (Å²) in [5.74, 6) is -0.576. The maximum atomic E-state index is 13.5. The Labute approximate surface area is 124 Å². The molecule has 0 saturated carbocycles. The number of hydrogen-bond acceptors (Lipinski definition) is 3. The summed E-state index contributed by atoms with van der Waals surface area (Å²) in [6.45, 7) is 0.679. The van der Waals surface area contributed by atoms with Crippen molar-refractivity contribution in [2.75, 3.05) is 20.7 Å². The number of carbonyl (C=O) groups excluding carboxylic acids is 2. The number of nitrogens with one attached hydrogen (secondary N) is 1. The maximum absolute atomic E-state index is 13.5. The Morgan fingerprint density at radius 1 is 1.29 bits per heavy atom. The number of ether oxygens (including phenoxy) is 1. The van der Waals surface area contributed by atoms with Crippen molar-refractivity contribution >= 4 is 12.0 Å². The van der Waals surface area contributed by atoms with Crippen molar-refractivity contribution in [2.45, 2.75) is 25.8 Å². The van der Waals surface area contributed by atoms with E-state index in [9.17, 15) is 14.0 Å². The van der Waals surface area contributed by atoms with Gasteiger partial charge in [0.2, 0.25) is 0 Å². The summed E-state index contributed by atoms with van der Waals surface area (Å²) in [7, 11) is 2.96. The molecule has 0 aliphatic rings. The normalized spacial score (nSPS) is 10.0. The van der Waals surface area contributed by atoms with Crippen LogP contribution in [-0.4, -0.2) is 37.6 Å². The lowest BCUT2D eigenvalue weighted by Crippen LogP contribution is -2.37. The van der Waals surface area contributed by atoms with Crippen molar-refractivity contribution in [3.8, 4) is 0 Å². The molecule has 21 heavy (non-hydrogen) atoms. The minimum Gasteiger partial charge on any atom is -0.469 e. The lowest BCUT2D eigenvalue weighted by atomic mass is 10.2. The van der Waals surface area contributed by atoms with E-state index in [-0.39, 0.29) is 24.4 Å². The number of nitrogens with zero attached hydrogens (tertiary/aromatic N) is 1. The predicted molar refractivity (Wildman–Crippen MR) is 77.1 cm³/mol. The first-order valence-electron chi connectivity index (χ1n) is 6.83. The van der Waals surface area contributed by atoms with Crippen LogP contribution in [-0.2, 0) is 16.1 Å². The molecule has 0 heterocycles. The second kappa shape index (κ2) is 8.94. The van der Waals surface area contributed by atoms with Gasteiger partial charge in [-0.25, -0.2) is 9.18 Å². The summed E-state index contributed by atoms with van der Waals surface area (Å²) in [4.78, 5) is 24.1. The van der Waals surface area contributed by atoms with E-state index in [1.807, 2.05) is 0 Å². The van der Waals surface area contributed by atoms with Gasteiger partial charge in [0.1, 0.15) is 5.82 Å². The molecule has 1 aromatic rings. The Bertz CT molecular complexity index is 480. The molecule has 116 valence electrons. The molecule has 2 amide bonds. The van der Waals surface area contributed by atoms with E-state index in [1.54, 1.807) is 25.2 Å². The molecule has 0 fully saturated rings. The topological polar surface area (TPSA) is 58.6 Å². The molecule has 0 aromatic heterocycles. The van der Waals surface area contributed by atoms with E-state index in [1.165, 1.54) is 18.1 Å². The van der Waals surface area contributed by atoms with E-state index in [4.69, 9.17) is 0 Å². The molecule has 0 saturated heterocycles. The average molecular weight is 296 g/mol. The van der Waals surface area contributed by atoms with Gasteiger partial charge in [-0.15, -0.1) is 0 Å². The lowest BCUT2D eigenvalue weighted by molar-refractivity contribution is -0.140. The van der Waals surface area contributed by atoms with E-state index >= 15 is 0 Å². The summed E-state index contributed by atoms with van der Waals surface area (Å²) in [5.41, 5.74) is 0.473. The Morgan fingerprint density at radius 3 is 2.67 bits per heavy atom. The Balaban J connectivity index is 2.26. The van der Waals surface area contributed by atoms with Gasteiger partial charge in [0.15, 0.2) is 0 Å². The highest BCUT2D eigenvalue weighted by atomic mass is 19.1. The third kappa shape index (κ3) is 6.25. The van der Waals surface area contributed by atoms with Gasteiger partial charge >= 0.3 is 12.0 Å². The van der Waals surface area contributed by atoms with Gasteiger partial charge < -0.3 is 15.0 Å². The molecule has 1 rings (SSSR count). The van der Waals surface area contributed by atoms with Gasteiger partial charge in [0, 0.05) is 32.1 Å². The Kier molecular flexibility index (Phi) is 7.21. The van der Waals surface area contributed by atoms with Crippen molar-refractivity contribution in [1.82, 2.24) is 10.2 Å². The third-order valence-electron chi connectivity index (χ3n) is 3.02. The van der Waals surface area contributed by atoms with Crippen LogP contribution in [0.3, 0.4) is 0 Å². The van der Waals surface area contributed by atoms with Crippen molar-refractivity contribution in [3.63, 3.8) is 0 Å². The zero-order chi connectivity index (χ0) is 15.7. The molecule has 5 nitrogen and oxygen atoms in total. The largest absolute Gasteiger partial charge is 0.469 e. The summed E-state index contributed by atoms with van der Waals surface area (Å²) < 4.78 is 18.0. The number of benzene rings is 1. The molecule has 0 unspecified atom stereocenters. The maximum Gasteiger partial charge on any atom is 0.317 e. The number of urea groups is 1. The van der Waals surface area contributed by atoms with Crippen molar-refractivity contribution in [2.24, 2.45) is 0 Å². The van der Waals surface area contributed by atoms with Gasteiger partial charge in [-0.2, -0.15) is 0 Å². The van der Waals surface area contributed by atoms with E-state index in [0.29, 0.717) is 31.4 Å². The molecular formula is C15H21FN2O3. The number of hydrogen-bond donors (Lipinski definition) is 1. The highest BCUT2D eigenvalue weighted by molar-refractivity contribution is 5.73. The van der Waals surface area contributed by atoms with Crippen LogP contribution >= 0.6 is 0 Å².